The van der Waals surface area contributed by atoms with Gasteiger partial charge in [0, 0.05) is 16.2 Å². The summed E-state index contributed by atoms with van der Waals surface area (Å²) >= 11 is 3.41. The maximum atomic E-state index is 13.1. The molecule has 2 aromatic carbocycles. The second-order valence-corrected chi connectivity index (χ2v) is 6.20. The second-order valence-electron chi connectivity index (χ2n) is 5.34. The van der Waals surface area contributed by atoms with Gasteiger partial charge in [0.1, 0.15) is 11.6 Å². The van der Waals surface area contributed by atoms with Crippen molar-refractivity contribution in [3.05, 3.63) is 57.8 Å². The van der Waals surface area contributed by atoms with Crippen LogP contribution in [0.3, 0.4) is 0 Å². The first-order valence-electron chi connectivity index (χ1n) is 7.03. The molecule has 0 aliphatic heterocycles. The first-order chi connectivity index (χ1) is 10.2. The molecule has 1 aliphatic carbocycles. The molecule has 2 nitrogen and oxygen atoms in total. The molecule has 1 N–H and O–H groups in total. The lowest BCUT2D eigenvalue weighted by Gasteiger charge is -2.27. The number of benzene rings is 2. The van der Waals surface area contributed by atoms with Crippen LogP contribution in [0.1, 0.15) is 17.5 Å². The van der Waals surface area contributed by atoms with E-state index in [9.17, 15) is 4.39 Å². The lowest BCUT2D eigenvalue weighted by molar-refractivity contribution is 0.413. The highest BCUT2D eigenvalue weighted by Gasteiger charge is 2.19. The molecule has 0 spiro atoms. The standard InChI is InChI=1S/C17H17BrFNO/c1-21-15-6-3-11-2-5-14(8-12(11)9-15)20-17-7-4-13(19)10-16(17)18/h3-4,6-7,9-10,14,20H,2,5,8H2,1H3. The monoisotopic (exact) mass is 349 g/mol. The third kappa shape index (κ3) is 3.21. The van der Waals surface area contributed by atoms with Gasteiger partial charge in [-0.15, -0.1) is 0 Å². The number of hydrogen-bond donors (Lipinski definition) is 1. The van der Waals surface area contributed by atoms with Gasteiger partial charge in [-0.3, -0.25) is 0 Å². The first kappa shape index (κ1) is 14.4. The van der Waals surface area contributed by atoms with Crippen molar-refractivity contribution in [3.8, 4) is 5.75 Å². The molecule has 1 atom stereocenters. The topological polar surface area (TPSA) is 21.3 Å². The molecule has 0 radical (unpaired) electrons. The maximum absolute atomic E-state index is 13.1. The van der Waals surface area contributed by atoms with E-state index < -0.39 is 0 Å². The summed E-state index contributed by atoms with van der Waals surface area (Å²) in [6.45, 7) is 0. The summed E-state index contributed by atoms with van der Waals surface area (Å²) < 4.78 is 19.2. The molecule has 4 heteroatoms. The van der Waals surface area contributed by atoms with Gasteiger partial charge in [0.2, 0.25) is 0 Å². The summed E-state index contributed by atoms with van der Waals surface area (Å²) in [5.74, 6) is 0.670. The Morgan fingerprint density at radius 2 is 2.05 bits per heavy atom. The van der Waals surface area contributed by atoms with Crippen LogP contribution in [0.2, 0.25) is 0 Å². The summed E-state index contributed by atoms with van der Waals surface area (Å²) in [4.78, 5) is 0. The molecule has 3 rings (SSSR count). The second kappa shape index (κ2) is 6.06. The van der Waals surface area contributed by atoms with E-state index >= 15 is 0 Å². The van der Waals surface area contributed by atoms with E-state index in [1.807, 2.05) is 6.07 Å². The lowest BCUT2D eigenvalue weighted by Crippen LogP contribution is -2.27. The highest BCUT2D eigenvalue weighted by molar-refractivity contribution is 9.10. The van der Waals surface area contributed by atoms with Crippen molar-refractivity contribution in [2.24, 2.45) is 0 Å². The van der Waals surface area contributed by atoms with Crippen molar-refractivity contribution in [1.82, 2.24) is 0 Å². The Balaban J connectivity index is 1.76. The number of ether oxygens (including phenoxy) is 1. The fourth-order valence-electron chi connectivity index (χ4n) is 2.81. The molecule has 0 bridgehead atoms. The predicted molar refractivity (Wildman–Crippen MR) is 86.5 cm³/mol. The smallest absolute Gasteiger partial charge is 0.124 e. The zero-order valence-corrected chi connectivity index (χ0v) is 13.4. The van der Waals surface area contributed by atoms with Crippen molar-refractivity contribution in [2.45, 2.75) is 25.3 Å². The van der Waals surface area contributed by atoms with Crippen molar-refractivity contribution >= 4 is 21.6 Å². The Labute approximate surface area is 132 Å². The Hall–Kier alpha value is -1.55. The summed E-state index contributed by atoms with van der Waals surface area (Å²) in [6, 6.07) is 11.4. The van der Waals surface area contributed by atoms with Crippen molar-refractivity contribution in [2.75, 3.05) is 12.4 Å². The van der Waals surface area contributed by atoms with Crippen LogP contribution in [-0.4, -0.2) is 13.2 Å². The molecule has 0 saturated heterocycles. The number of nitrogens with one attached hydrogen (secondary N) is 1. The fraction of sp³-hybridized carbons (Fsp3) is 0.294. The molecule has 2 aromatic rings. The van der Waals surface area contributed by atoms with Gasteiger partial charge in [0.05, 0.1) is 7.11 Å². The van der Waals surface area contributed by atoms with E-state index in [0.717, 1.165) is 35.2 Å². The minimum Gasteiger partial charge on any atom is -0.497 e. The molecule has 1 unspecified atom stereocenters. The minimum absolute atomic E-state index is 0.230. The van der Waals surface area contributed by atoms with Crippen LogP contribution in [-0.2, 0) is 12.8 Å². The molecule has 21 heavy (non-hydrogen) atoms. The van der Waals surface area contributed by atoms with E-state index in [-0.39, 0.29) is 5.82 Å². The van der Waals surface area contributed by atoms with Crippen molar-refractivity contribution in [3.63, 3.8) is 0 Å². The van der Waals surface area contributed by atoms with Gasteiger partial charge in [-0.2, -0.15) is 0 Å². The number of halogens is 2. The third-order valence-electron chi connectivity index (χ3n) is 3.93. The van der Waals surface area contributed by atoms with Gasteiger partial charge in [-0.25, -0.2) is 4.39 Å². The zero-order valence-electron chi connectivity index (χ0n) is 11.8. The van der Waals surface area contributed by atoms with Crippen molar-refractivity contribution in [1.29, 1.82) is 0 Å². The van der Waals surface area contributed by atoms with Crippen molar-refractivity contribution < 1.29 is 9.13 Å². The summed E-state index contributed by atoms with van der Waals surface area (Å²) in [5.41, 5.74) is 3.66. The van der Waals surface area contributed by atoms with Gasteiger partial charge in [0.25, 0.3) is 0 Å². The Bertz CT molecular complexity index is 659. The molecule has 0 amide bonds. The number of anilines is 1. The molecular formula is C17H17BrFNO. The Morgan fingerprint density at radius 1 is 1.19 bits per heavy atom. The number of rotatable bonds is 3. The van der Waals surface area contributed by atoms with E-state index in [1.165, 1.54) is 23.3 Å². The van der Waals surface area contributed by atoms with Gasteiger partial charge in [-0.05, 0) is 76.7 Å². The maximum Gasteiger partial charge on any atom is 0.124 e. The molecule has 1 aliphatic rings. The number of aryl methyl sites for hydroxylation is 1. The summed E-state index contributed by atoms with van der Waals surface area (Å²) in [7, 11) is 1.69. The van der Waals surface area contributed by atoms with E-state index in [2.05, 4.69) is 33.4 Å². The molecule has 0 fully saturated rings. The van der Waals surface area contributed by atoms with Crippen LogP contribution in [0.25, 0.3) is 0 Å². The highest BCUT2D eigenvalue weighted by Crippen LogP contribution is 2.29. The highest BCUT2D eigenvalue weighted by atomic mass is 79.9. The van der Waals surface area contributed by atoms with Crippen LogP contribution < -0.4 is 10.1 Å². The van der Waals surface area contributed by atoms with Gasteiger partial charge < -0.3 is 10.1 Å². The first-order valence-corrected chi connectivity index (χ1v) is 7.82. The average molecular weight is 350 g/mol. The van der Waals surface area contributed by atoms with Gasteiger partial charge in [-0.1, -0.05) is 6.07 Å². The van der Waals surface area contributed by atoms with E-state index in [1.54, 1.807) is 13.2 Å². The van der Waals surface area contributed by atoms with Gasteiger partial charge in [0.15, 0.2) is 0 Å². The lowest BCUT2D eigenvalue weighted by atomic mass is 9.88. The Morgan fingerprint density at radius 3 is 2.81 bits per heavy atom. The van der Waals surface area contributed by atoms with Gasteiger partial charge >= 0.3 is 0 Å². The molecule has 0 saturated carbocycles. The minimum atomic E-state index is -0.230. The molecule has 110 valence electrons. The fourth-order valence-corrected chi connectivity index (χ4v) is 3.28. The Kier molecular flexibility index (Phi) is 4.15. The summed E-state index contributed by atoms with van der Waals surface area (Å²) in [6.07, 6.45) is 3.08. The molecule has 0 heterocycles. The average Bonchev–Trinajstić information content (AvgIpc) is 2.49. The third-order valence-corrected chi connectivity index (χ3v) is 4.59. The zero-order chi connectivity index (χ0) is 14.8. The molecule has 0 aromatic heterocycles. The quantitative estimate of drug-likeness (QED) is 0.876. The van der Waals surface area contributed by atoms with E-state index in [4.69, 9.17) is 4.74 Å². The number of hydrogen-bond acceptors (Lipinski definition) is 2. The number of fused-ring (bicyclic) bond motifs is 1. The van der Waals surface area contributed by atoms with Crippen LogP contribution >= 0.6 is 15.9 Å². The predicted octanol–water partition coefficient (Wildman–Crippen LogP) is 4.57. The summed E-state index contributed by atoms with van der Waals surface area (Å²) in [5, 5.41) is 3.50. The largest absolute Gasteiger partial charge is 0.497 e. The van der Waals surface area contributed by atoms with Crippen LogP contribution in [0.4, 0.5) is 10.1 Å². The normalized spacial score (nSPS) is 17.2. The van der Waals surface area contributed by atoms with Crippen LogP contribution in [0.5, 0.6) is 5.75 Å². The molecular weight excluding hydrogens is 333 g/mol. The number of methoxy groups -OCH3 is 1. The van der Waals surface area contributed by atoms with Crippen LogP contribution in [0.15, 0.2) is 40.9 Å². The van der Waals surface area contributed by atoms with Crippen LogP contribution in [0, 0.1) is 5.82 Å². The SMILES string of the molecule is COc1ccc2c(c1)CC(Nc1ccc(F)cc1Br)CC2. The van der Waals surface area contributed by atoms with E-state index in [0.29, 0.717) is 6.04 Å².